The van der Waals surface area contributed by atoms with Gasteiger partial charge in [-0.2, -0.15) is 18.3 Å². The average molecular weight is 645 g/mol. The zero-order valence-corrected chi connectivity index (χ0v) is 26.3. The molecule has 2 amide bonds. The predicted molar refractivity (Wildman–Crippen MR) is 166 cm³/mol. The summed E-state index contributed by atoms with van der Waals surface area (Å²) in [4.78, 5) is 54.7. The van der Waals surface area contributed by atoms with Crippen molar-refractivity contribution in [3.63, 3.8) is 0 Å². The first kappa shape index (κ1) is 30.5. The van der Waals surface area contributed by atoms with Gasteiger partial charge in [-0.25, -0.2) is 14.5 Å². The molecule has 14 heteroatoms. The summed E-state index contributed by atoms with van der Waals surface area (Å²) in [5.41, 5.74) is 2.72. The van der Waals surface area contributed by atoms with Crippen LogP contribution in [0.2, 0.25) is 0 Å². The van der Waals surface area contributed by atoms with Gasteiger partial charge in [-0.05, 0) is 75.8 Å². The molecule has 1 aliphatic carbocycles. The lowest BCUT2D eigenvalue weighted by Gasteiger charge is -2.27. The number of aromatic nitrogens is 6. The van der Waals surface area contributed by atoms with Gasteiger partial charge in [0.05, 0.1) is 16.9 Å². The number of hydrogen-bond acceptors (Lipinski definition) is 7. The van der Waals surface area contributed by atoms with Gasteiger partial charge in [0.1, 0.15) is 29.9 Å². The molecule has 7 rings (SSSR count). The Balaban J connectivity index is 1.19. The van der Waals surface area contributed by atoms with Crippen LogP contribution in [0.3, 0.4) is 0 Å². The van der Waals surface area contributed by atoms with Gasteiger partial charge in [0, 0.05) is 34.9 Å². The smallest absolute Gasteiger partial charge is 0.336 e. The van der Waals surface area contributed by atoms with E-state index in [1.165, 1.54) is 13.0 Å². The molecule has 242 valence electrons. The average Bonchev–Trinajstić information content (AvgIpc) is 3.26. The highest BCUT2D eigenvalue weighted by atomic mass is 19.4. The van der Waals surface area contributed by atoms with Crippen molar-refractivity contribution >= 4 is 40.0 Å². The molecule has 2 aliphatic rings. The second-order valence-electron chi connectivity index (χ2n) is 12.8. The summed E-state index contributed by atoms with van der Waals surface area (Å²) in [6, 6.07) is 6.58. The van der Waals surface area contributed by atoms with Crippen molar-refractivity contribution in [3.05, 3.63) is 71.1 Å². The van der Waals surface area contributed by atoms with Crippen LogP contribution in [0.15, 0.2) is 42.7 Å². The van der Waals surface area contributed by atoms with E-state index in [1.807, 2.05) is 38.2 Å². The van der Waals surface area contributed by atoms with Crippen LogP contribution < -0.4 is 5.32 Å². The monoisotopic (exact) mass is 644 g/mol. The normalized spacial score (nSPS) is 20.6. The van der Waals surface area contributed by atoms with Gasteiger partial charge in [-0.15, -0.1) is 0 Å². The molecule has 47 heavy (non-hydrogen) atoms. The van der Waals surface area contributed by atoms with Crippen LogP contribution in [0, 0.1) is 26.2 Å². The van der Waals surface area contributed by atoms with Gasteiger partial charge in [0.25, 0.3) is 0 Å². The number of Topliss-reactive ketones (excluding diaryl/α,β-unsaturated/α-hetero) is 1. The molecule has 0 spiro atoms. The Labute approximate surface area is 266 Å². The Morgan fingerprint density at radius 2 is 1.79 bits per heavy atom. The van der Waals surface area contributed by atoms with Gasteiger partial charge < -0.3 is 14.8 Å². The second-order valence-corrected chi connectivity index (χ2v) is 12.8. The predicted octanol–water partition coefficient (Wildman–Crippen LogP) is 5.31. The van der Waals surface area contributed by atoms with E-state index in [2.05, 4.69) is 20.4 Å². The first-order valence-corrected chi connectivity index (χ1v) is 15.1. The number of aryl methyl sites for hydroxylation is 3. The molecule has 1 N–H and O–H groups in total. The number of anilines is 1. The van der Waals surface area contributed by atoms with Crippen LogP contribution in [0.5, 0.6) is 0 Å². The Hall–Kier alpha value is -5.14. The number of nitrogens with one attached hydrogen (secondary N) is 1. The third-order valence-corrected chi connectivity index (χ3v) is 9.30. The zero-order valence-electron chi connectivity index (χ0n) is 26.3. The van der Waals surface area contributed by atoms with E-state index in [1.54, 1.807) is 34.0 Å². The minimum atomic E-state index is -4.67. The summed E-state index contributed by atoms with van der Waals surface area (Å²) in [5.74, 6) is -0.676. The number of hydrogen-bond donors (Lipinski definition) is 1. The lowest BCUT2D eigenvalue weighted by Crippen LogP contribution is -2.46. The summed E-state index contributed by atoms with van der Waals surface area (Å²) in [6.45, 7) is 8.46. The largest absolute Gasteiger partial charge is 0.433 e. The van der Waals surface area contributed by atoms with E-state index in [0.29, 0.717) is 57.7 Å². The summed E-state index contributed by atoms with van der Waals surface area (Å²) in [7, 11) is 0. The quantitative estimate of drug-likeness (QED) is 0.249. The van der Waals surface area contributed by atoms with Crippen molar-refractivity contribution in [2.45, 2.75) is 72.3 Å². The standard InChI is InChI=1S/C33H31F3N8O3/c1-16-6-8-25(33(34,35)36)39-30(16)40-31(47)24-11-32(5)12-26(32)44(24)28(46)15-42-14-22(18(3)45)21-10-23(37-17(2)29(21)42)20-7-9-27-38-19(4)41-43(27)13-20/h6-10,13-14,24,26H,11-12,15H2,1-5H3,(H,39,40,47)/t24-,26+,32-/m0/s1. The molecule has 0 radical (unpaired) electrons. The summed E-state index contributed by atoms with van der Waals surface area (Å²) < 4.78 is 43.3. The minimum absolute atomic E-state index is 0.160. The van der Waals surface area contributed by atoms with Gasteiger partial charge in [-0.3, -0.25) is 19.4 Å². The van der Waals surface area contributed by atoms with Crippen LogP contribution >= 0.6 is 0 Å². The zero-order chi connectivity index (χ0) is 33.6. The Morgan fingerprint density at radius 3 is 2.51 bits per heavy atom. The van der Waals surface area contributed by atoms with Crippen molar-refractivity contribution < 1.29 is 27.6 Å². The number of carbonyl (C=O) groups excluding carboxylic acids is 3. The number of alkyl halides is 3. The molecule has 0 aromatic carbocycles. The number of fused-ring (bicyclic) bond motifs is 3. The minimum Gasteiger partial charge on any atom is -0.336 e. The first-order valence-electron chi connectivity index (χ1n) is 15.1. The van der Waals surface area contributed by atoms with Crippen molar-refractivity contribution in [1.82, 2.24) is 34.0 Å². The summed E-state index contributed by atoms with van der Waals surface area (Å²) in [6.07, 6.45) is -0.126. The molecule has 11 nitrogen and oxygen atoms in total. The number of carbonyl (C=O) groups is 3. The molecule has 0 bridgehead atoms. The number of halogens is 3. The van der Waals surface area contributed by atoms with Crippen LogP contribution in [-0.4, -0.2) is 63.7 Å². The molecule has 1 aliphatic heterocycles. The maximum Gasteiger partial charge on any atom is 0.433 e. The van der Waals surface area contributed by atoms with E-state index in [0.717, 1.165) is 11.6 Å². The van der Waals surface area contributed by atoms with Crippen LogP contribution in [0.4, 0.5) is 19.0 Å². The number of ketones is 1. The lowest BCUT2D eigenvalue weighted by molar-refractivity contribution is -0.141. The molecular formula is C33H31F3N8O3. The van der Waals surface area contributed by atoms with Gasteiger partial charge in [0.2, 0.25) is 11.8 Å². The topological polar surface area (TPSA) is 127 Å². The lowest BCUT2D eigenvalue weighted by atomic mass is 10.0. The van der Waals surface area contributed by atoms with Crippen LogP contribution in [0.25, 0.3) is 27.8 Å². The van der Waals surface area contributed by atoms with Crippen molar-refractivity contribution in [3.8, 4) is 11.3 Å². The molecule has 6 heterocycles. The second kappa shape index (κ2) is 10.4. The van der Waals surface area contributed by atoms with Crippen molar-refractivity contribution in [2.24, 2.45) is 5.41 Å². The summed E-state index contributed by atoms with van der Waals surface area (Å²) >= 11 is 0. The highest BCUT2D eigenvalue weighted by Crippen LogP contribution is 2.59. The van der Waals surface area contributed by atoms with E-state index < -0.39 is 23.8 Å². The molecule has 3 atom stereocenters. The van der Waals surface area contributed by atoms with Crippen LogP contribution in [-0.2, 0) is 22.3 Å². The van der Waals surface area contributed by atoms with Crippen molar-refractivity contribution in [2.75, 3.05) is 5.32 Å². The molecule has 5 aromatic rings. The number of amides is 2. The van der Waals surface area contributed by atoms with E-state index >= 15 is 0 Å². The van der Waals surface area contributed by atoms with Gasteiger partial charge in [0.15, 0.2) is 11.4 Å². The number of piperidine rings is 1. The SMILES string of the molecule is CC(=O)c1cn(CC(=O)N2[C@H](C(=O)Nc3nc(C(F)(F)F)ccc3C)C[C@@]3(C)C[C@@H]23)c2c(C)nc(-c3ccc4nc(C)nn4c3)cc12. The molecule has 1 saturated heterocycles. The maximum atomic E-state index is 14.0. The van der Waals surface area contributed by atoms with Crippen molar-refractivity contribution in [1.29, 1.82) is 0 Å². The number of nitrogens with zero attached hydrogens (tertiary/aromatic N) is 7. The fourth-order valence-corrected chi connectivity index (χ4v) is 6.82. The number of likely N-dealkylation sites (tertiary alicyclic amines) is 1. The molecular weight excluding hydrogens is 613 g/mol. The van der Waals surface area contributed by atoms with Gasteiger partial charge in [-0.1, -0.05) is 13.0 Å². The molecule has 5 aromatic heterocycles. The third-order valence-electron chi connectivity index (χ3n) is 9.30. The number of pyridine rings is 3. The first-order chi connectivity index (χ1) is 22.1. The highest BCUT2D eigenvalue weighted by Gasteiger charge is 2.64. The Kier molecular flexibility index (Phi) is 6.78. The fourth-order valence-electron chi connectivity index (χ4n) is 6.82. The van der Waals surface area contributed by atoms with Gasteiger partial charge >= 0.3 is 6.18 Å². The molecule has 0 unspecified atom stereocenters. The fraction of sp³-hybridized carbons (Fsp3) is 0.364. The van der Waals surface area contributed by atoms with E-state index in [9.17, 15) is 27.6 Å². The maximum absolute atomic E-state index is 14.0. The summed E-state index contributed by atoms with van der Waals surface area (Å²) in [5, 5.41) is 7.57. The highest BCUT2D eigenvalue weighted by molar-refractivity contribution is 6.08. The third kappa shape index (κ3) is 5.21. The van der Waals surface area contributed by atoms with E-state index in [4.69, 9.17) is 4.98 Å². The Bertz CT molecular complexity index is 2150. The number of rotatable bonds is 6. The molecule has 1 saturated carbocycles. The van der Waals surface area contributed by atoms with Crippen LogP contribution in [0.1, 0.15) is 59.8 Å². The van der Waals surface area contributed by atoms with E-state index in [-0.39, 0.29) is 35.5 Å². The Morgan fingerprint density at radius 1 is 1.02 bits per heavy atom. The molecule has 2 fully saturated rings.